The van der Waals surface area contributed by atoms with Crippen molar-refractivity contribution >= 4 is 60.3 Å². The summed E-state index contributed by atoms with van der Waals surface area (Å²) in [6.45, 7) is 3.69. The fourth-order valence-electron chi connectivity index (χ4n) is 3.91. The van der Waals surface area contributed by atoms with Gasteiger partial charge in [-0.25, -0.2) is 13.4 Å². The predicted molar refractivity (Wildman–Crippen MR) is 126 cm³/mol. The zero-order valence-electron chi connectivity index (χ0n) is 16.2. The van der Waals surface area contributed by atoms with Crippen LogP contribution in [0.1, 0.15) is 6.42 Å². The van der Waals surface area contributed by atoms with Gasteiger partial charge in [0, 0.05) is 41.3 Å². The second-order valence-electron chi connectivity index (χ2n) is 7.18. The molecule has 1 aliphatic rings. The first-order chi connectivity index (χ1) is 14.1. The van der Waals surface area contributed by atoms with Crippen LogP contribution < -0.4 is 10.2 Å². The number of aromatic nitrogens is 1. The molecule has 0 unspecified atom stereocenters. The third kappa shape index (κ3) is 3.67. The molecule has 0 radical (unpaired) electrons. The molecule has 0 bridgehead atoms. The SMILES string of the molecule is Cl.O=S(=O)(c1cc2c(N3CCCNCC3)nccc2s1)c1cccc2ccccc12. The number of benzene rings is 2. The molecular weight excluding hydrogens is 438 g/mol. The predicted octanol–water partition coefficient (Wildman–Crippen LogP) is 4.50. The first-order valence-electron chi connectivity index (χ1n) is 9.72. The maximum atomic E-state index is 13.5. The molecule has 1 N–H and O–H groups in total. The van der Waals surface area contributed by atoms with Crippen molar-refractivity contribution in [2.75, 3.05) is 31.1 Å². The Morgan fingerprint density at radius 2 is 1.80 bits per heavy atom. The van der Waals surface area contributed by atoms with E-state index in [1.807, 2.05) is 36.4 Å². The topological polar surface area (TPSA) is 62.3 Å². The van der Waals surface area contributed by atoms with Crippen molar-refractivity contribution in [2.24, 2.45) is 0 Å². The molecule has 30 heavy (non-hydrogen) atoms. The third-order valence-corrected chi connectivity index (χ3v) is 8.73. The summed E-state index contributed by atoms with van der Waals surface area (Å²) in [6, 6.07) is 16.8. The average Bonchev–Trinajstić information content (AvgIpc) is 3.02. The molecule has 1 aliphatic heterocycles. The van der Waals surface area contributed by atoms with Crippen LogP contribution in [0.2, 0.25) is 0 Å². The number of thiophene rings is 1. The Morgan fingerprint density at radius 1 is 0.967 bits per heavy atom. The van der Waals surface area contributed by atoms with Gasteiger partial charge in [0.15, 0.2) is 0 Å². The van der Waals surface area contributed by atoms with Crippen LogP contribution in [-0.2, 0) is 9.84 Å². The highest BCUT2D eigenvalue weighted by Crippen LogP contribution is 2.38. The summed E-state index contributed by atoms with van der Waals surface area (Å²) in [7, 11) is -3.62. The van der Waals surface area contributed by atoms with Crippen molar-refractivity contribution in [3.05, 3.63) is 60.8 Å². The van der Waals surface area contributed by atoms with E-state index in [1.165, 1.54) is 11.3 Å². The Hall–Kier alpha value is -2.19. The van der Waals surface area contributed by atoms with Crippen molar-refractivity contribution in [1.29, 1.82) is 0 Å². The first-order valence-corrected chi connectivity index (χ1v) is 12.0. The van der Waals surface area contributed by atoms with E-state index in [0.717, 1.165) is 59.3 Å². The summed E-state index contributed by atoms with van der Waals surface area (Å²) in [5.41, 5.74) is 0. The number of anilines is 1. The Balaban J connectivity index is 0.00000218. The number of nitrogens with zero attached hydrogens (tertiary/aromatic N) is 2. The van der Waals surface area contributed by atoms with Gasteiger partial charge in [-0.15, -0.1) is 23.7 Å². The molecule has 1 fully saturated rings. The minimum absolute atomic E-state index is 0. The van der Waals surface area contributed by atoms with E-state index < -0.39 is 9.84 Å². The minimum Gasteiger partial charge on any atom is -0.355 e. The first kappa shape index (κ1) is 21.1. The molecule has 3 heterocycles. The number of nitrogens with one attached hydrogen (secondary N) is 1. The highest BCUT2D eigenvalue weighted by Gasteiger charge is 2.24. The van der Waals surface area contributed by atoms with Crippen LogP contribution in [0.3, 0.4) is 0 Å². The molecule has 0 saturated carbocycles. The number of fused-ring (bicyclic) bond motifs is 2. The number of hydrogen-bond donors (Lipinski definition) is 1. The highest BCUT2D eigenvalue weighted by molar-refractivity contribution is 7.93. The maximum Gasteiger partial charge on any atom is 0.216 e. The lowest BCUT2D eigenvalue weighted by Crippen LogP contribution is -2.28. The molecule has 8 heteroatoms. The van der Waals surface area contributed by atoms with Gasteiger partial charge in [-0.1, -0.05) is 36.4 Å². The summed E-state index contributed by atoms with van der Waals surface area (Å²) < 4.78 is 28.4. The fraction of sp³-hybridized carbons (Fsp3) is 0.227. The Bertz CT molecular complexity index is 1290. The minimum atomic E-state index is -3.62. The lowest BCUT2D eigenvalue weighted by molar-refractivity contribution is 0.599. The molecule has 2 aromatic heterocycles. The molecule has 1 saturated heterocycles. The van der Waals surface area contributed by atoms with Gasteiger partial charge in [0.1, 0.15) is 10.0 Å². The van der Waals surface area contributed by atoms with E-state index in [-0.39, 0.29) is 12.4 Å². The van der Waals surface area contributed by atoms with Gasteiger partial charge in [0.25, 0.3) is 0 Å². The lowest BCUT2D eigenvalue weighted by atomic mass is 10.1. The highest BCUT2D eigenvalue weighted by atomic mass is 35.5. The molecule has 4 aromatic rings. The van der Waals surface area contributed by atoms with Crippen molar-refractivity contribution in [1.82, 2.24) is 10.3 Å². The van der Waals surface area contributed by atoms with Crippen LogP contribution in [0.25, 0.3) is 20.9 Å². The largest absolute Gasteiger partial charge is 0.355 e. The van der Waals surface area contributed by atoms with E-state index >= 15 is 0 Å². The van der Waals surface area contributed by atoms with Gasteiger partial charge in [-0.05, 0) is 36.6 Å². The zero-order chi connectivity index (χ0) is 19.8. The summed E-state index contributed by atoms with van der Waals surface area (Å²) in [5.74, 6) is 0.877. The van der Waals surface area contributed by atoms with Gasteiger partial charge in [-0.3, -0.25) is 0 Å². The van der Waals surface area contributed by atoms with E-state index in [0.29, 0.717) is 9.10 Å². The second-order valence-corrected chi connectivity index (χ2v) is 10.4. The number of sulfone groups is 1. The molecule has 5 rings (SSSR count). The van der Waals surface area contributed by atoms with Crippen LogP contribution in [0.15, 0.2) is 69.9 Å². The van der Waals surface area contributed by atoms with Gasteiger partial charge in [-0.2, -0.15) is 0 Å². The molecule has 0 aliphatic carbocycles. The van der Waals surface area contributed by atoms with Crippen molar-refractivity contribution in [3.63, 3.8) is 0 Å². The molecule has 0 spiro atoms. The standard InChI is InChI=1S/C22H21N3O2S2.ClH/c26-29(27,20-8-3-6-16-5-1-2-7-17(16)20)21-15-18-19(28-21)9-11-24-22(18)25-13-4-10-23-12-14-25;/h1-3,5-9,11,15,23H,4,10,12-14H2;1H. The van der Waals surface area contributed by atoms with Crippen molar-refractivity contribution in [2.45, 2.75) is 15.5 Å². The van der Waals surface area contributed by atoms with Gasteiger partial charge < -0.3 is 10.2 Å². The summed E-state index contributed by atoms with van der Waals surface area (Å²) in [4.78, 5) is 7.21. The number of hydrogen-bond acceptors (Lipinski definition) is 6. The third-order valence-electron chi connectivity index (χ3n) is 5.35. The van der Waals surface area contributed by atoms with Crippen molar-refractivity contribution in [3.8, 4) is 0 Å². The Kier molecular flexibility index (Phi) is 5.97. The van der Waals surface area contributed by atoms with E-state index in [1.54, 1.807) is 24.4 Å². The summed E-state index contributed by atoms with van der Waals surface area (Å²) in [5, 5.41) is 5.99. The molecule has 0 atom stereocenters. The van der Waals surface area contributed by atoms with Crippen LogP contribution >= 0.6 is 23.7 Å². The quantitative estimate of drug-likeness (QED) is 0.488. The number of halogens is 1. The molecule has 156 valence electrons. The van der Waals surface area contributed by atoms with E-state index in [4.69, 9.17) is 0 Å². The van der Waals surface area contributed by atoms with Crippen LogP contribution in [0.4, 0.5) is 5.82 Å². The second kappa shape index (κ2) is 8.51. The zero-order valence-corrected chi connectivity index (χ0v) is 18.7. The molecular formula is C22H22ClN3O2S2. The molecule has 2 aromatic carbocycles. The molecule has 5 nitrogen and oxygen atoms in total. The average molecular weight is 460 g/mol. The lowest BCUT2D eigenvalue weighted by Gasteiger charge is -2.21. The number of rotatable bonds is 3. The van der Waals surface area contributed by atoms with Crippen LogP contribution in [0.5, 0.6) is 0 Å². The van der Waals surface area contributed by atoms with E-state index in [2.05, 4.69) is 15.2 Å². The van der Waals surface area contributed by atoms with Crippen molar-refractivity contribution < 1.29 is 8.42 Å². The Labute approximate surface area is 186 Å². The van der Waals surface area contributed by atoms with Gasteiger partial charge in [0.05, 0.1) is 4.90 Å². The van der Waals surface area contributed by atoms with Crippen LogP contribution in [0, 0.1) is 0 Å². The fourth-order valence-corrected chi connectivity index (χ4v) is 6.89. The number of pyridine rings is 1. The van der Waals surface area contributed by atoms with Gasteiger partial charge >= 0.3 is 0 Å². The smallest absolute Gasteiger partial charge is 0.216 e. The van der Waals surface area contributed by atoms with E-state index in [9.17, 15) is 8.42 Å². The van der Waals surface area contributed by atoms with Crippen LogP contribution in [-0.4, -0.2) is 39.6 Å². The maximum absolute atomic E-state index is 13.5. The summed E-state index contributed by atoms with van der Waals surface area (Å²) in [6.07, 6.45) is 2.82. The van der Waals surface area contributed by atoms with Gasteiger partial charge in [0.2, 0.25) is 9.84 Å². The molecule has 0 amide bonds. The normalized spacial score (nSPS) is 15.1. The Morgan fingerprint density at radius 3 is 2.70 bits per heavy atom. The monoisotopic (exact) mass is 459 g/mol. The summed E-state index contributed by atoms with van der Waals surface area (Å²) >= 11 is 1.32.